The molecule has 0 spiro atoms. The molecular weight excluding hydrogens is 294 g/mol. The van der Waals surface area contributed by atoms with Gasteiger partial charge in [-0.1, -0.05) is 19.4 Å². The molecule has 1 amide bonds. The molecule has 2 heterocycles. The second-order valence-corrected chi connectivity index (χ2v) is 8.52. The predicted octanol–water partition coefficient (Wildman–Crippen LogP) is 2.45. The SMILES string of the molecule is CCCCC(=O)N(Cc1cccs1)C1CCS(=O)(=O)C1. The van der Waals surface area contributed by atoms with Crippen molar-refractivity contribution in [3.63, 3.8) is 0 Å². The predicted molar refractivity (Wildman–Crippen MR) is 81.5 cm³/mol. The van der Waals surface area contributed by atoms with E-state index in [-0.39, 0.29) is 23.5 Å². The number of thiophene rings is 1. The maximum Gasteiger partial charge on any atom is 0.223 e. The smallest absolute Gasteiger partial charge is 0.223 e. The van der Waals surface area contributed by atoms with Crippen molar-refractivity contribution in [2.24, 2.45) is 0 Å². The van der Waals surface area contributed by atoms with Crippen LogP contribution in [0.5, 0.6) is 0 Å². The van der Waals surface area contributed by atoms with Gasteiger partial charge in [-0.15, -0.1) is 11.3 Å². The van der Waals surface area contributed by atoms with Gasteiger partial charge in [-0.25, -0.2) is 8.42 Å². The van der Waals surface area contributed by atoms with Crippen LogP contribution < -0.4 is 0 Å². The fraction of sp³-hybridized carbons (Fsp3) is 0.643. The maximum absolute atomic E-state index is 12.4. The zero-order chi connectivity index (χ0) is 14.6. The molecule has 1 fully saturated rings. The number of amides is 1. The highest BCUT2D eigenvalue weighted by atomic mass is 32.2. The van der Waals surface area contributed by atoms with Crippen LogP contribution in [0.2, 0.25) is 0 Å². The fourth-order valence-electron chi connectivity index (χ4n) is 2.48. The summed E-state index contributed by atoms with van der Waals surface area (Å²) in [6.07, 6.45) is 2.92. The summed E-state index contributed by atoms with van der Waals surface area (Å²) in [5, 5.41) is 1.98. The Bertz CT molecular complexity index is 537. The van der Waals surface area contributed by atoms with Crippen LogP contribution in [-0.2, 0) is 21.2 Å². The third kappa shape index (κ3) is 4.06. The van der Waals surface area contributed by atoms with Crippen molar-refractivity contribution in [1.82, 2.24) is 4.90 Å². The van der Waals surface area contributed by atoms with Crippen LogP contribution in [0.25, 0.3) is 0 Å². The zero-order valence-corrected chi connectivity index (χ0v) is 13.4. The lowest BCUT2D eigenvalue weighted by Crippen LogP contribution is -2.40. The minimum Gasteiger partial charge on any atom is -0.334 e. The molecule has 0 aromatic carbocycles. The zero-order valence-electron chi connectivity index (χ0n) is 11.7. The molecule has 0 bridgehead atoms. The Morgan fingerprint density at radius 1 is 1.50 bits per heavy atom. The molecule has 1 saturated heterocycles. The lowest BCUT2D eigenvalue weighted by atomic mass is 10.1. The van der Waals surface area contributed by atoms with Gasteiger partial charge in [0.2, 0.25) is 5.91 Å². The second kappa shape index (κ2) is 6.72. The highest BCUT2D eigenvalue weighted by Crippen LogP contribution is 2.23. The van der Waals surface area contributed by atoms with Crippen LogP contribution in [0.15, 0.2) is 17.5 Å². The largest absolute Gasteiger partial charge is 0.334 e. The first kappa shape index (κ1) is 15.5. The van der Waals surface area contributed by atoms with Crippen molar-refractivity contribution >= 4 is 27.1 Å². The highest BCUT2D eigenvalue weighted by molar-refractivity contribution is 7.91. The molecule has 0 N–H and O–H groups in total. The van der Waals surface area contributed by atoms with Crippen molar-refractivity contribution < 1.29 is 13.2 Å². The van der Waals surface area contributed by atoms with Gasteiger partial charge >= 0.3 is 0 Å². The van der Waals surface area contributed by atoms with Gasteiger partial charge in [0.15, 0.2) is 9.84 Å². The van der Waals surface area contributed by atoms with E-state index >= 15 is 0 Å². The second-order valence-electron chi connectivity index (χ2n) is 5.26. The first-order chi connectivity index (χ1) is 9.52. The number of rotatable bonds is 6. The van der Waals surface area contributed by atoms with Crippen molar-refractivity contribution in [3.8, 4) is 0 Å². The van der Waals surface area contributed by atoms with Gasteiger partial charge in [0.25, 0.3) is 0 Å². The minimum absolute atomic E-state index is 0.0855. The maximum atomic E-state index is 12.4. The molecule has 4 nitrogen and oxygen atoms in total. The lowest BCUT2D eigenvalue weighted by Gasteiger charge is -2.28. The van der Waals surface area contributed by atoms with E-state index in [0.29, 0.717) is 19.4 Å². The number of carbonyl (C=O) groups is 1. The summed E-state index contributed by atoms with van der Waals surface area (Å²) in [4.78, 5) is 15.3. The van der Waals surface area contributed by atoms with Gasteiger partial charge in [0, 0.05) is 17.3 Å². The molecule has 1 unspecified atom stereocenters. The van der Waals surface area contributed by atoms with E-state index in [2.05, 4.69) is 6.92 Å². The van der Waals surface area contributed by atoms with E-state index in [1.54, 1.807) is 16.2 Å². The third-order valence-corrected chi connectivity index (χ3v) is 6.23. The average molecular weight is 315 g/mol. The standard InChI is InChI=1S/C14H21NO3S2/c1-2-3-6-14(16)15(10-13-5-4-8-19-13)12-7-9-20(17,18)11-12/h4-5,8,12H,2-3,6-7,9-11H2,1H3. The Labute approximate surface area is 124 Å². The van der Waals surface area contributed by atoms with Crippen LogP contribution in [-0.4, -0.2) is 36.8 Å². The van der Waals surface area contributed by atoms with Crippen LogP contribution in [0.1, 0.15) is 37.5 Å². The van der Waals surface area contributed by atoms with E-state index in [9.17, 15) is 13.2 Å². The van der Waals surface area contributed by atoms with Crippen LogP contribution in [0.4, 0.5) is 0 Å². The molecule has 1 aliphatic heterocycles. The quantitative estimate of drug-likeness (QED) is 0.810. The molecule has 0 saturated carbocycles. The molecule has 20 heavy (non-hydrogen) atoms. The van der Waals surface area contributed by atoms with E-state index < -0.39 is 9.84 Å². The molecule has 6 heteroatoms. The summed E-state index contributed by atoms with van der Waals surface area (Å²) >= 11 is 1.61. The van der Waals surface area contributed by atoms with Gasteiger partial charge in [0.05, 0.1) is 18.1 Å². The number of unbranched alkanes of at least 4 members (excludes halogenated alkanes) is 1. The Morgan fingerprint density at radius 2 is 2.30 bits per heavy atom. The number of sulfone groups is 1. The van der Waals surface area contributed by atoms with Crippen molar-refractivity contribution in [2.45, 2.75) is 45.2 Å². The minimum atomic E-state index is -2.96. The van der Waals surface area contributed by atoms with Crippen molar-refractivity contribution in [1.29, 1.82) is 0 Å². The van der Waals surface area contributed by atoms with Crippen LogP contribution in [0.3, 0.4) is 0 Å². The molecule has 1 aromatic heterocycles. The lowest BCUT2D eigenvalue weighted by molar-refractivity contribution is -0.133. The molecule has 1 atom stereocenters. The van der Waals surface area contributed by atoms with Gasteiger partial charge in [0.1, 0.15) is 0 Å². The summed E-state index contributed by atoms with van der Waals surface area (Å²) in [5.41, 5.74) is 0. The van der Waals surface area contributed by atoms with Crippen molar-refractivity contribution in [2.75, 3.05) is 11.5 Å². The number of carbonyl (C=O) groups excluding carboxylic acids is 1. The van der Waals surface area contributed by atoms with E-state index in [0.717, 1.165) is 17.7 Å². The molecule has 112 valence electrons. The summed E-state index contributed by atoms with van der Waals surface area (Å²) in [6.45, 7) is 2.59. The Balaban J connectivity index is 2.09. The summed E-state index contributed by atoms with van der Waals surface area (Å²) < 4.78 is 23.3. The van der Waals surface area contributed by atoms with Gasteiger partial charge in [-0.05, 0) is 24.3 Å². The topological polar surface area (TPSA) is 54.5 Å². The van der Waals surface area contributed by atoms with E-state index in [1.807, 2.05) is 17.5 Å². The summed E-state index contributed by atoms with van der Waals surface area (Å²) in [7, 11) is -2.96. The third-order valence-electron chi connectivity index (χ3n) is 3.62. The average Bonchev–Trinajstić information content (AvgIpc) is 3.02. The Kier molecular flexibility index (Phi) is 5.21. The highest BCUT2D eigenvalue weighted by Gasteiger charge is 2.34. The van der Waals surface area contributed by atoms with Gasteiger partial charge in [-0.2, -0.15) is 0 Å². The van der Waals surface area contributed by atoms with E-state index in [4.69, 9.17) is 0 Å². The molecule has 1 aromatic rings. The molecule has 0 radical (unpaired) electrons. The molecule has 2 rings (SSSR count). The number of nitrogens with zero attached hydrogens (tertiary/aromatic N) is 1. The fourth-order valence-corrected chi connectivity index (χ4v) is 4.92. The van der Waals surface area contributed by atoms with Crippen LogP contribution >= 0.6 is 11.3 Å². The number of hydrogen-bond acceptors (Lipinski definition) is 4. The Morgan fingerprint density at radius 3 is 2.85 bits per heavy atom. The first-order valence-corrected chi connectivity index (χ1v) is 9.74. The monoisotopic (exact) mass is 315 g/mol. The van der Waals surface area contributed by atoms with Crippen molar-refractivity contribution in [3.05, 3.63) is 22.4 Å². The van der Waals surface area contributed by atoms with Crippen LogP contribution in [0, 0.1) is 0 Å². The summed E-state index contributed by atoms with van der Waals surface area (Å²) in [6, 6.07) is 3.81. The number of hydrogen-bond donors (Lipinski definition) is 0. The van der Waals surface area contributed by atoms with E-state index in [1.165, 1.54) is 0 Å². The summed E-state index contributed by atoms with van der Waals surface area (Å²) in [5.74, 6) is 0.415. The molecule has 0 aliphatic carbocycles. The first-order valence-electron chi connectivity index (χ1n) is 7.04. The van der Waals surface area contributed by atoms with Gasteiger partial charge < -0.3 is 4.90 Å². The molecular formula is C14H21NO3S2. The van der Waals surface area contributed by atoms with Gasteiger partial charge in [-0.3, -0.25) is 4.79 Å². The Hall–Kier alpha value is -0.880. The normalized spacial score (nSPS) is 20.9. The molecule has 1 aliphatic rings.